The second-order valence-corrected chi connectivity index (χ2v) is 8.09. The fraction of sp³-hybridized carbons (Fsp3) is 0.238. The molecule has 2 aromatic rings. The van der Waals surface area contributed by atoms with Gasteiger partial charge in [0.2, 0.25) is 0 Å². The predicted octanol–water partition coefficient (Wildman–Crippen LogP) is 4.40. The van der Waals surface area contributed by atoms with Crippen molar-refractivity contribution in [3.8, 4) is 5.75 Å². The van der Waals surface area contributed by atoms with E-state index < -0.39 is 12.6 Å². The van der Waals surface area contributed by atoms with Gasteiger partial charge in [-0.1, -0.05) is 41.9 Å². The molecular weight excluding hydrogens is 396 g/mol. The van der Waals surface area contributed by atoms with Crippen LogP contribution in [0, 0.1) is 0 Å². The molecule has 132 valence electrons. The van der Waals surface area contributed by atoms with E-state index in [0.29, 0.717) is 11.3 Å². The van der Waals surface area contributed by atoms with Crippen molar-refractivity contribution in [3.05, 3.63) is 68.7 Å². The Morgan fingerprint density at radius 3 is 2.69 bits per heavy atom. The SMILES string of the molecule is CC1(C)C2=C(C(=O)c3cc(OCC(=O)O)ccc31)c1ccc(Br)cc1C2. The molecule has 0 spiro atoms. The third-order valence-corrected chi connectivity index (χ3v) is 5.75. The Morgan fingerprint density at radius 1 is 1.19 bits per heavy atom. The number of carbonyl (C=O) groups excluding carboxylic acids is 1. The quantitative estimate of drug-likeness (QED) is 0.811. The summed E-state index contributed by atoms with van der Waals surface area (Å²) < 4.78 is 6.28. The second kappa shape index (κ2) is 5.81. The molecule has 0 amide bonds. The Hall–Kier alpha value is -2.40. The number of Topliss-reactive ketones (excluding diaryl/α,β-unsaturated/α-hetero) is 1. The lowest BCUT2D eigenvalue weighted by molar-refractivity contribution is -0.139. The van der Waals surface area contributed by atoms with Crippen molar-refractivity contribution >= 4 is 33.3 Å². The Balaban J connectivity index is 1.83. The summed E-state index contributed by atoms with van der Waals surface area (Å²) in [7, 11) is 0. The van der Waals surface area contributed by atoms with Crippen LogP contribution < -0.4 is 4.74 Å². The molecule has 0 saturated heterocycles. The topological polar surface area (TPSA) is 63.6 Å². The standard InChI is InChI=1S/C21H17BrO4/c1-21(2)16-6-4-13(26-10-18(23)24)9-15(16)20(25)19-14-5-3-12(22)7-11(14)8-17(19)21/h3-7,9H,8,10H2,1-2H3,(H,23,24). The molecule has 4 rings (SSSR count). The maximum atomic E-state index is 13.3. The molecule has 0 saturated carbocycles. The van der Waals surface area contributed by atoms with Gasteiger partial charge in [0.15, 0.2) is 12.4 Å². The smallest absolute Gasteiger partial charge is 0.341 e. The van der Waals surface area contributed by atoms with Gasteiger partial charge in [0.1, 0.15) is 5.75 Å². The lowest BCUT2D eigenvalue weighted by atomic mass is 9.68. The second-order valence-electron chi connectivity index (χ2n) is 7.18. The van der Waals surface area contributed by atoms with Crippen molar-refractivity contribution in [2.45, 2.75) is 25.7 Å². The molecule has 0 fully saturated rings. The van der Waals surface area contributed by atoms with Gasteiger partial charge in [0, 0.05) is 21.0 Å². The minimum Gasteiger partial charge on any atom is -0.482 e. The van der Waals surface area contributed by atoms with E-state index in [4.69, 9.17) is 9.84 Å². The summed E-state index contributed by atoms with van der Waals surface area (Å²) in [6, 6.07) is 11.3. The van der Waals surface area contributed by atoms with Crippen molar-refractivity contribution in [1.82, 2.24) is 0 Å². The first kappa shape index (κ1) is 17.0. The van der Waals surface area contributed by atoms with E-state index in [1.807, 2.05) is 18.2 Å². The summed E-state index contributed by atoms with van der Waals surface area (Å²) in [6.07, 6.45) is 0.763. The molecule has 26 heavy (non-hydrogen) atoms. The molecule has 0 heterocycles. The van der Waals surface area contributed by atoms with Gasteiger partial charge in [0.25, 0.3) is 0 Å². The van der Waals surface area contributed by atoms with Crippen molar-refractivity contribution in [2.24, 2.45) is 0 Å². The number of hydrogen-bond donors (Lipinski definition) is 1. The van der Waals surface area contributed by atoms with E-state index in [1.54, 1.807) is 12.1 Å². The van der Waals surface area contributed by atoms with Crippen molar-refractivity contribution < 1.29 is 19.4 Å². The van der Waals surface area contributed by atoms with Gasteiger partial charge in [0.05, 0.1) is 0 Å². The minimum absolute atomic E-state index is 0.0174. The third kappa shape index (κ3) is 2.50. The average Bonchev–Trinajstić information content (AvgIpc) is 2.97. The molecule has 0 radical (unpaired) electrons. The fourth-order valence-electron chi connectivity index (χ4n) is 3.97. The van der Waals surface area contributed by atoms with E-state index in [1.165, 1.54) is 0 Å². The zero-order valence-corrected chi connectivity index (χ0v) is 16.0. The summed E-state index contributed by atoms with van der Waals surface area (Å²) in [6.45, 7) is 3.83. The normalized spacial score (nSPS) is 16.8. The zero-order chi connectivity index (χ0) is 18.6. The maximum Gasteiger partial charge on any atom is 0.341 e. The fourth-order valence-corrected chi connectivity index (χ4v) is 4.38. The first-order chi connectivity index (χ1) is 12.3. The average molecular weight is 413 g/mol. The summed E-state index contributed by atoms with van der Waals surface area (Å²) in [4.78, 5) is 24.0. The van der Waals surface area contributed by atoms with Gasteiger partial charge >= 0.3 is 5.97 Å². The van der Waals surface area contributed by atoms with Crippen LogP contribution in [0.5, 0.6) is 5.75 Å². The van der Waals surface area contributed by atoms with Gasteiger partial charge < -0.3 is 9.84 Å². The van der Waals surface area contributed by atoms with Crippen LogP contribution in [0.1, 0.15) is 40.9 Å². The molecule has 0 aliphatic heterocycles. The third-order valence-electron chi connectivity index (χ3n) is 5.26. The van der Waals surface area contributed by atoms with Crippen molar-refractivity contribution in [2.75, 3.05) is 6.61 Å². The molecular formula is C21H17BrO4. The number of allylic oxidation sites excluding steroid dienone is 2. The molecule has 4 nitrogen and oxygen atoms in total. The maximum absolute atomic E-state index is 13.3. The van der Waals surface area contributed by atoms with Crippen molar-refractivity contribution in [1.29, 1.82) is 0 Å². The molecule has 5 heteroatoms. The number of carbonyl (C=O) groups is 2. The number of halogens is 1. The molecule has 2 aliphatic rings. The molecule has 0 atom stereocenters. The van der Waals surface area contributed by atoms with E-state index in [2.05, 4.69) is 35.8 Å². The number of rotatable bonds is 3. The van der Waals surface area contributed by atoms with Crippen LogP contribution in [-0.4, -0.2) is 23.5 Å². The molecule has 0 bridgehead atoms. The van der Waals surface area contributed by atoms with Gasteiger partial charge in [-0.25, -0.2) is 4.79 Å². The van der Waals surface area contributed by atoms with Gasteiger partial charge in [-0.2, -0.15) is 0 Å². The summed E-state index contributed by atoms with van der Waals surface area (Å²) in [5, 5.41) is 8.80. The summed E-state index contributed by atoms with van der Waals surface area (Å²) >= 11 is 3.51. The van der Waals surface area contributed by atoms with Crippen LogP contribution in [-0.2, 0) is 16.6 Å². The minimum atomic E-state index is -1.05. The highest BCUT2D eigenvalue weighted by Gasteiger charge is 2.42. The van der Waals surface area contributed by atoms with Crippen LogP contribution in [0.3, 0.4) is 0 Å². The van der Waals surface area contributed by atoms with Crippen LogP contribution in [0.4, 0.5) is 0 Å². The number of ether oxygens (including phenoxy) is 1. The predicted molar refractivity (Wildman–Crippen MR) is 102 cm³/mol. The lowest BCUT2D eigenvalue weighted by Crippen LogP contribution is -2.29. The number of benzene rings is 2. The van der Waals surface area contributed by atoms with E-state index >= 15 is 0 Å². The van der Waals surface area contributed by atoms with Crippen LogP contribution in [0.15, 0.2) is 46.4 Å². The number of carboxylic acids is 1. The van der Waals surface area contributed by atoms with Crippen LogP contribution in [0.25, 0.3) is 5.57 Å². The Labute approximate surface area is 159 Å². The zero-order valence-electron chi connectivity index (χ0n) is 14.4. The monoisotopic (exact) mass is 412 g/mol. The number of ketones is 1. The number of hydrogen-bond acceptors (Lipinski definition) is 3. The van der Waals surface area contributed by atoms with Crippen LogP contribution in [0.2, 0.25) is 0 Å². The Morgan fingerprint density at radius 2 is 1.96 bits per heavy atom. The van der Waals surface area contributed by atoms with Gasteiger partial charge in [-0.15, -0.1) is 0 Å². The lowest BCUT2D eigenvalue weighted by Gasteiger charge is -2.34. The largest absolute Gasteiger partial charge is 0.482 e. The summed E-state index contributed by atoms with van der Waals surface area (Å²) in [5.41, 5.74) is 5.32. The van der Waals surface area contributed by atoms with Gasteiger partial charge in [-0.05, 0) is 52.9 Å². The number of carboxylic acid groups (broad SMARTS) is 1. The van der Waals surface area contributed by atoms with E-state index in [-0.39, 0.29) is 11.2 Å². The summed E-state index contributed by atoms with van der Waals surface area (Å²) in [5.74, 6) is -0.667. The van der Waals surface area contributed by atoms with Crippen molar-refractivity contribution in [3.63, 3.8) is 0 Å². The highest BCUT2D eigenvalue weighted by Crippen LogP contribution is 2.50. The first-order valence-electron chi connectivity index (χ1n) is 8.35. The number of aliphatic carboxylic acids is 1. The first-order valence-corrected chi connectivity index (χ1v) is 9.14. The van der Waals surface area contributed by atoms with E-state index in [0.717, 1.165) is 38.7 Å². The molecule has 1 N–H and O–H groups in total. The Bertz CT molecular complexity index is 1000. The van der Waals surface area contributed by atoms with E-state index in [9.17, 15) is 9.59 Å². The highest BCUT2D eigenvalue weighted by molar-refractivity contribution is 9.10. The Kier molecular flexibility index (Phi) is 3.81. The number of fused-ring (bicyclic) bond motifs is 3. The molecule has 2 aliphatic carbocycles. The molecule has 0 unspecified atom stereocenters. The molecule has 0 aromatic heterocycles. The highest BCUT2D eigenvalue weighted by atomic mass is 79.9. The van der Waals surface area contributed by atoms with Crippen LogP contribution >= 0.6 is 15.9 Å². The molecule has 2 aromatic carbocycles. The van der Waals surface area contributed by atoms with Gasteiger partial charge in [-0.3, -0.25) is 4.79 Å².